The highest BCUT2D eigenvalue weighted by Gasteiger charge is 2.02. The van der Waals surface area contributed by atoms with Crippen molar-refractivity contribution in [1.29, 1.82) is 0 Å². The molecular formula is C15H24O5. The van der Waals surface area contributed by atoms with Gasteiger partial charge in [0.2, 0.25) is 0 Å². The van der Waals surface area contributed by atoms with E-state index in [1.807, 2.05) is 30.3 Å². The van der Waals surface area contributed by atoms with Crippen molar-refractivity contribution in [2.75, 3.05) is 20.3 Å². The molecule has 1 rings (SSSR count). The fraction of sp³-hybridized carbons (Fsp3) is 0.533. The molecule has 0 heterocycles. The standard InChI is InChI=1S/C9H12O2.C6H12O3/c1-8(10)7-11-9-5-3-2-4-6-9;1-5(4-8-3)9-6(2)7/h2-6,8,10H,7H2,1H3;5H,4H2,1-3H3. The van der Waals surface area contributed by atoms with Crippen LogP contribution in [-0.4, -0.2) is 43.6 Å². The molecule has 0 aliphatic rings. The Labute approximate surface area is 120 Å². The number of benzene rings is 1. The Balaban J connectivity index is 0.000000370. The maximum atomic E-state index is 10.3. The molecule has 114 valence electrons. The second kappa shape index (κ2) is 11.3. The van der Waals surface area contributed by atoms with Crippen LogP contribution in [0.15, 0.2) is 30.3 Å². The van der Waals surface area contributed by atoms with Crippen molar-refractivity contribution < 1.29 is 24.1 Å². The van der Waals surface area contributed by atoms with Crippen LogP contribution in [0.3, 0.4) is 0 Å². The quantitative estimate of drug-likeness (QED) is 0.810. The second-order valence-corrected chi connectivity index (χ2v) is 4.35. The molecule has 0 aliphatic carbocycles. The minimum atomic E-state index is -0.407. The maximum absolute atomic E-state index is 10.3. The molecule has 5 heteroatoms. The maximum Gasteiger partial charge on any atom is 0.302 e. The first-order valence-corrected chi connectivity index (χ1v) is 6.47. The summed E-state index contributed by atoms with van der Waals surface area (Å²) in [6.45, 7) is 5.67. The first kappa shape index (κ1) is 18.4. The summed E-state index contributed by atoms with van der Waals surface area (Å²) in [6.07, 6.45) is -0.539. The van der Waals surface area contributed by atoms with Gasteiger partial charge in [0.25, 0.3) is 0 Å². The highest BCUT2D eigenvalue weighted by molar-refractivity contribution is 5.66. The summed E-state index contributed by atoms with van der Waals surface area (Å²) in [5.74, 6) is 0.535. The summed E-state index contributed by atoms with van der Waals surface area (Å²) in [6, 6.07) is 9.45. The van der Waals surface area contributed by atoms with Gasteiger partial charge in [-0.15, -0.1) is 0 Å². The zero-order chi connectivity index (χ0) is 15.4. The zero-order valence-corrected chi connectivity index (χ0v) is 12.5. The second-order valence-electron chi connectivity index (χ2n) is 4.35. The van der Waals surface area contributed by atoms with Gasteiger partial charge in [0.1, 0.15) is 18.5 Å². The first-order chi connectivity index (χ1) is 9.45. The monoisotopic (exact) mass is 284 g/mol. The summed E-state index contributed by atoms with van der Waals surface area (Å²) in [7, 11) is 1.57. The molecule has 0 bridgehead atoms. The molecule has 20 heavy (non-hydrogen) atoms. The van der Waals surface area contributed by atoms with Crippen molar-refractivity contribution in [1.82, 2.24) is 0 Å². The minimum absolute atomic E-state index is 0.132. The van der Waals surface area contributed by atoms with Crippen LogP contribution in [0, 0.1) is 0 Å². The van der Waals surface area contributed by atoms with Crippen LogP contribution in [0.5, 0.6) is 5.75 Å². The van der Waals surface area contributed by atoms with Crippen molar-refractivity contribution in [2.24, 2.45) is 0 Å². The topological polar surface area (TPSA) is 65.0 Å². The summed E-state index contributed by atoms with van der Waals surface area (Å²) in [5.41, 5.74) is 0. The van der Waals surface area contributed by atoms with Crippen LogP contribution in [0.2, 0.25) is 0 Å². The summed E-state index contributed by atoms with van der Waals surface area (Å²) in [5, 5.41) is 8.89. The van der Waals surface area contributed by atoms with Gasteiger partial charge >= 0.3 is 5.97 Å². The van der Waals surface area contributed by atoms with E-state index < -0.39 is 6.10 Å². The Bertz CT molecular complexity index is 351. The van der Waals surface area contributed by atoms with E-state index in [9.17, 15) is 4.79 Å². The van der Waals surface area contributed by atoms with E-state index in [0.717, 1.165) is 5.75 Å². The number of rotatable bonds is 6. The van der Waals surface area contributed by atoms with E-state index in [2.05, 4.69) is 0 Å². The lowest BCUT2D eigenvalue weighted by Crippen LogP contribution is -2.17. The summed E-state index contributed by atoms with van der Waals surface area (Å²) in [4.78, 5) is 10.3. The number of para-hydroxylation sites is 1. The van der Waals surface area contributed by atoms with Crippen molar-refractivity contribution in [3.63, 3.8) is 0 Å². The fourth-order valence-corrected chi connectivity index (χ4v) is 1.29. The van der Waals surface area contributed by atoms with E-state index in [4.69, 9.17) is 19.3 Å². The molecule has 1 N–H and O–H groups in total. The van der Waals surface area contributed by atoms with Crippen molar-refractivity contribution in [3.05, 3.63) is 30.3 Å². The minimum Gasteiger partial charge on any atom is -0.491 e. The molecular weight excluding hydrogens is 260 g/mol. The van der Waals surface area contributed by atoms with Crippen LogP contribution in [0.25, 0.3) is 0 Å². The molecule has 0 saturated carbocycles. The Morgan fingerprint density at radius 2 is 1.80 bits per heavy atom. The third-order valence-electron chi connectivity index (χ3n) is 2.00. The number of hydrogen-bond acceptors (Lipinski definition) is 5. The van der Waals surface area contributed by atoms with Gasteiger partial charge in [-0.25, -0.2) is 0 Å². The molecule has 5 nitrogen and oxygen atoms in total. The normalized spacial score (nSPS) is 12.7. The largest absolute Gasteiger partial charge is 0.491 e. The third kappa shape index (κ3) is 11.5. The van der Waals surface area contributed by atoms with Gasteiger partial charge in [-0.2, -0.15) is 0 Å². The molecule has 0 aromatic heterocycles. The predicted molar refractivity (Wildman–Crippen MR) is 76.7 cm³/mol. The van der Waals surface area contributed by atoms with Gasteiger partial charge in [-0.1, -0.05) is 18.2 Å². The predicted octanol–water partition coefficient (Wildman–Crippen LogP) is 2.03. The Morgan fingerprint density at radius 3 is 2.25 bits per heavy atom. The lowest BCUT2D eigenvalue weighted by atomic mass is 10.3. The molecule has 0 aliphatic heterocycles. The van der Waals surface area contributed by atoms with E-state index in [-0.39, 0.29) is 12.1 Å². The Hall–Kier alpha value is -1.59. The van der Waals surface area contributed by atoms with E-state index in [1.165, 1.54) is 6.92 Å². The lowest BCUT2D eigenvalue weighted by Gasteiger charge is -2.08. The Kier molecular flexibility index (Phi) is 10.4. The lowest BCUT2D eigenvalue weighted by molar-refractivity contribution is -0.147. The average Bonchev–Trinajstić information content (AvgIpc) is 2.38. The highest BCUT2D eigenvalue weighted by Crippen LogP contribution is 2.07. The van der Waals surface area contributed by atoms with Gasteiger partial charge in [-0.05, 0) is 26.0 Å². The number of carbonyl (C=O) groups is 1. The van der Waals surface area contributed by atoms with Crippen molar-refractivity contribution in [3.8, 4) is 5.75 Å². The number of methoxy groups -OCH3 is 1. The molecule has 1 aromatic carbocycles. The van der Waals surface area contributed by atoms with Crippen LogP contribution in [0.4, 0.5) is 0 Å². The number of esters is 1. The third-order valence-corrected chi connectivity index (χ3v) is 2.00. The number of hydrogen-bond donors (Lipinski definition) is 1. The average molecular weight is 284 g/mol. The molecule has 1 aromatic rings. The smallest absolute Gasteiger partial charge is 0.302 e. The molecule has 2 atom stereocenters. The van der Waals surface area contributed by atoms with E-state index in [0.29, 0.717) is 13.2 Å². The molecule has 2 unspecified atom stereocenters. The van der Waals surface area contributed by atoms with Gasteiger partial charge in [0, 0.05) is 14.0 Å². The van der Waals surface area contributed by atoms with Gasteiger partial charge in [0.15, 0.2) is 0 Å². The van der Waals surface area contributed by atoms with Crippen LogP contribution in [0.1, 0.15) is 20.8 Å². The van der Waals surface area contributed by atoms with Gasteiger partial charge in [-0.3, -0.25) is 4.79 Å². The molecule has 0 amide bonds. The van der Waals surface area contributed by atoms with E-state index >= 15 is 0 Å². The molecule has 0 spiro atoms. The number of carbonyl (C=O) groups excluding carboxylic acids is 1. The van der Waals surface area contributed by atoms with Crippen LogP contribution >= 0.6 is 0 Å². The summed E-state index contributed by atoms with van der Waals surface area (Å²) >= 11 is 0. The number of aliphatic hydroxyl groups is 1. The first-order valence-electron chi connectivity index (χ1n) is 6.47. The molecule has 0 saturated heterocycles. The van der Waals surface area contributed by atoms with Crippen molar-refractivity contribution >= 4 is 5.97 Å². The van der Waals surface area contributed by atoms with Crippen LogP contribution in [-0.2, 0) is 14.3 Å². The fourth-order valence-electron chi connectivity index (χ4n) is 1.29. The van der Waals surface area contributed by atoms with Crippen molar-refractivity contribution in [2.45, 2.75) is 33.0 Å². The van der Waals surface area contributed by atoms with Gasteiger partial charge < -0.3 is 19.3 Å². The van der Waals surface area contributed by atoms with E-state index in [1.54, 1.807) is 21.0 Å². The Morgan fingerprint density at radius 1 is 1.20 bits per heavy atom. The number of ether oxygens (including phenoxy) is 3. The van der Waals surface area contributed by atoms with Crippen LogP contribution < -0.4 is 4.74 Å². The SMILES string of the molecule is CC(O)COc1ccccc1.COCC(C)OC(C)=O. The van der Waals surface area contributed by atoms with Gasteiger partial charge in [0.05, 0.1) is 12.7 Å². The zero-order valence-electron chi connectivity index (χ0n) is 12.5. The number of aliphatic hydroxyl groups excluding tert-OH is 1. The molecule has 0 radical (unpaired) electrons. The highest BCUT2D eigenvalue weighted by atomic mass is 16.6. The summed E-state index contributed by atoms with van der Waals surface area (Å²) < 4.78 is 14.7. The molecule has 0 fully saturated rings.